The highest BCUT2D eigenvalue weighted by Crippen LogP contribution is 2.28. The molecule has 0 fully saturated rings. The monoisotopic (exact) mass is 364 g/mol. The molecule has 6 nitrogen and oxygen atoms in total. The maximum absolute atomic E-state index is 12.4. The highest BCUT2D eigenvalue weighted by molar-refractivity contribution is 6.03. The Labute approximate surface area is 157 Å². The molecule has 3 rings (SSSR count). The molecule has 0 bridgehead atoms. The number of fused-ring (bicyclic) bond motifs is 1. The predicted molar refractivity (Wildman–Crippen MR) is 105 cm³/mol. The molecule has 0 aliphatic heterocycles. The van der Waals surface area contributed by atoms with Crippen molar-refractivity contribution in [2.24, 2.45) is 5.10 Å². The van der Waals surface area contributed by atoms with Crippen molar-refractivity contribution in [1.82, 2.24) is 5.43 Å². The molecule has 0 aliphatic rings. The summed E-state index contributed by atoms with van der Waals surface area (Å²) in [5.41, 5.74) is 4.01. The van der Waals surface area contributed by atoms with Gasteiger partial charge >= 0.3 is 0 Å². The lowest BCUT2D eigenvalue weighted by molar-refractivity contribution is 0.0952. The first-order valence-corrected chi connectivity index (χ1v) is 8.32. The Morgan fingerprint density at radius 1 is 0.963 bits per heavy atom. The smallest absolute Gasteiger partial charge is 0.275 e. The fourth-order valence-electron chi connectivity index (χ4n) is 2.73. The summed E-state index contributed by atoms with van der Waals surface area (Å²) in [6, 6.07) is 16.1. The van der Waals surface area contributed by atoms with Crippen LogP contribution in [0.5, 0.6) is 17.2 Å². The number of rotatable bonds is 5. The molecule has 6 heteroatoms. The maximum Gasteiger partial charge on any atom is 0.275 e. The number of phenolic OH excluding ortho intramolecular Hbond substituents is 1. The van der Waals surface area contributed by atoms with Crippen LogP contribution < -0.4 is 14.9 Å². The Morgan fingerprint density at radius 3 is 2.30 bits per heavy atom. The summed E-state index contributed by atoms with van der Waals surface area (Å²) >= 11 is 0. The number of ether oxygens (including phenoxy) is 2. The van der Waals surface area contributed by atoms with Gasteiger partial charge in [0.15, 0.2) is 11.5 Å². The summed E-state index contributed by atoms with van der Waals surface area (Å²) in [4.78, 5) is 12.4. The predicted octanol–water partition coefficient (Wildman–Crippen LogP) is 3.72. The summed E-state index contributed by atoms with van der Waals surface area (Å²) in [6.07, 6.45) is 0. The van der Waals surface area contributed by atoms with Gasteiger partial charge in [-0.2, -0.15) is 5.10 Å². The highest BCUT2D eigenvalue weighted by atomic mass is 16.5. The summed E-state index contributed by atoms with van der Waals surface area (Å²) in [5, 5.41) is 16.0. The lowest BCUT2D eigenvalue weighted by atomic mass is 10.1. The largest absolute Gasteiger partial charge is 0.507 e. The van der Waals surface area contributed by atoms with Gasteiger partial charge in [-0.1, -0.05) is 24.3 Å². The van der Waals surface area contributed by atoms with E-state index in [1.54, 1.807) is 45.4 Å². The molecule has 27 heavy (non-hydrogen) atoms. The number of hydrazone groups is 1. The minimum Gasteiger partial charge on any atom is -0.507 e. The van der Waals surface area contributed by atoms with Crippen LogP contribution >= 0.6 is 0 Å². The molecule has 0 saturated carbocycles. The van der Waals surface area contributed by atoms with E-state index in [-0.39, 0.29) is 11.3 Å². The van der Waals surface area contributed by atoms with E-state index < -0.39 is 5.91 Å². The van der Waals surface area contributed by atoms with Crippen molar-refractivity contribution in [3.8, 4) is 17.2 Å². The summed E-state index contributed by atoms with van der Waals surface area (Å²) in [5.74, 6) is 0.602. The molecule has 3 aromatic rings. The zero-order chi connectivity index (χ0) is 19.4. The van der Waals surface area contributed by atoms with Crippen LogP contribution in [-0.4, -0.2) is 30.9 Å². The normalized spacial score (nSPS) is 11.3. The third kappa shape index (κ3) is 3.84. The van der Waals surface area contributed by atoms with E-state index in [1.165, 1.54) is 0 Å². The zero-order valence-corrected chi connectivity index (χ0v) is 15.3. The van der Waals surface area contributed by atoms with Crippen molar-refractivity contribution in [3.63, 3.8) is 0 Å². The molecule has 138 valence electrons. The summed E-state index contributed by atoms with van der Waals surface area (Å²) in [7, 11) is 3.12. The first-order valence-electron chi connectivity index (χ1n) is 8.32. The quantitative estimate of drug-likeness (QED) is 0.534. The van der Waals surface area contributed by atoms with Gasteiger partial charge in [0.2, 0.25) is 0 Å². The number of hydrogen-bond acceptors (Lipinski definition) is 5. The SMILES string of the molecule is COc1ccc(C(C)=NNC(=O)c2cc3ccccc3cc2O)cc1OC. The van der Waals surface area contributed by atoms with Gasteiger partial charge in [0, 0.05) is 5.56 Å². The molecule has 0 unspecified atom stereocenters. The van der Waals surface area contributed by atoms with Gasteiger partial charge in [-0.05, 0) is 48.0 Å². The van der Waals surface area contributed by atoms with Crippen molar-refractivity contribution in [2.75, 3.05) is 14.2 Å². The minimum atomic E-state index is -0.488. The Bertz CT molecular complexity index is 1030. The Morgan fingerprint density at radius 2 is 1.63 bits per heavy atom. The van der Waals surface area contributed by atoms with Crippen LogP contribution in [0.3, 0.4) is 0 Å². The van der Waals surface area contributed by atoms with E-state index in [0.29, 0.717) is 17.2 Å². The molecule has 0 aromatic heterocycles. The first-order chi connectivity index (χ1) is 13.0. The van der Waals surface area contributed by atoms with Gasteiger partial charge < -0.3 is 14.6 Å². The number of carbonyl (C=O) groups excluding carboxylic acids is 1. The second kappa shape index (κ2) is 7.78. The summed E-state index contributed by atoms with van der Waals surface area (Å²) < 4.78 is 10.5. The average molecular weight is 364 g/mol. The molecule has 1 amide bonds. The van der Waals surface area contributed by atoms with E-state index in [2.05, 4.69) is 10.5 Å². The number of amides is 1. The van der Waals surface area contributed by atoms with Crippen molar-refractivity contribution >= 4 is 22.4 Å². The molecule has 0 heterocycles. The van der Waals surface area contributed by atoms with E-state index in [1.807, 2.05) is 30.3 Å². The summed E-state index contributed by atoms with van der Waals surface area (Å²) in [6.45, 7) is 1.77. The van der Waals surface area contributed by atoms with Gasteiger partial charge in [0.05, 0.1) is 25.5 Å². The van der Waals surface area contributed by atoms with Gasteiger partial charge in [0.25, 0.3) is 5.91 Å². The standard InChI is InChI=1S/C21H20N2O4/c1-13(14-8-9-19(26-2)20(12-14)27-3)22-23-21(25)17-10-15-6-4-5-7-16(15)11-18(17)24/h4-12,24H,1-3H3,(H,23,25). The minimum absolute atomic E-state index is 0.0924. The Kier molecular flexibility index (Phi) is 5.26. The van der Waals surface area contributed by atoms with Crippen LogP contribution in [0.15, 0.2) is 59.7 Å². The van der Waals surface area contributed by atoms with Gasteiger partial charge in [-0.25, -0.2) is 5.43 Å². The van der Waals surface area contributed by atoms with Crippen LogP contribution in [0, 0.1) is 0 Å². The number of phenols is 1. The number of carbonyl (C=O) groups is 1. The van der Waals surface area contributed by atoms with Crippen molar-refractivity contribution in [3.05, 3.63) is 65.7 Å². The fourth-order valence-corrected chi connectivity index (χ4v) is 2.73. The molecule has 3 aromatic carbocycles. The molecule has 0 saturated heterocycles. The number of benzene rings is 3. The Hall–Kier alpha value is -3.54. The van der Waals surface area contributed by atoms with Crippen LogP contribution in [0.2, 0.25) is 0 Å². The fraction of sp³-hybridized carbons (Fsp3) is 0.143. The molecular weight excluding hydrogens is 344 g/mol. The third-order valence-electron chi connectivity index (χ3n) is 4.24. The van der Waals surface area contributed by atoms with Crippen molar-refractivity contribution in [2.45, 2.75) is 6.92 Å². The maximum atomic E-state index is 12.4. The molecule has 0 radical (unpaired) electrons. The van der Waals surface area contributed by atoms with Crippen LogP contribution in [-0.2, 0) is 0 Å². The van der Waals surface area contributed by atoms with Crippen LogP contribution in [0.25, 0.3) is 10.8 Å². The zero-order valence-electron chi connectivity index (χ0n) is 15.3. The van der Waals surface area contributed by atoms with Gasteiger partial charge in [-0.3, -0.25) is 4.79 Å². The molecular formula is C21H20N2O4. The lowest BCUT2D eigenvalue weighted by Crippen LogP contribution is -2.19. The topological polar surface area (TPSA) is 80.2 Å². The van der Waals surface area contributed by atoms with E-state index in [4.69, 9.17) is 9.47 Å². The second-order valence-electron chi connectivity index (χ2n) is 5.92. The average Bonchev–Trinajstić information content (AvgIpc) is 2.70. The Balaban J connectivity index is 1.83. The third-order valence-corrected chi connectivity index (χ3v) is 4.24. The van der Waals surface area contributed by atoms with E-state index >= 15 is 0 Å². The second-order valence-corrected chi connectivity index (χ2v) is 5.92. The number of nitrogens with one attached hydrogen (secondary N) is 1. The van der Waals surface area contributed by atoms with Crippen molar-refractivity contribution < 1.29 is 19.4 Å². The number of methoxy groups -OCH3 is 2. The lowest BCUT2D eigenvalue weighted by Gasteiger charge is -2.10. The number of aromatic hydroxyl groups is 1. The molecule has 0 atom stereocenters. The van der Waals surface area contributed by atoms with Gasteiger partial charge in [0.1, 0.15) is 5.75 Å². The molecule has 0 spiro atoms. The van der Waals surface area contributed by atoms with E-state index in [9.17, 15) is 9.90 Å². The number of nitrogens with zero attached hydrogens (tertiary/aromatic N) is 1. The number of hydrogen-bond donors (Lipinski definition) is 2. The van der Waals surface area contributed by atoms with Crippen molar-refractivity contribution in [1.29, 1.82) is 0 Å². The van der Waals surface area contributed by atoms with Crippen LogP contribution in [0.1, 0.15) is 22.8 Å². The first kappa shape index (κ1) is 18.3. The highest BCUT2D eigenvalue weighted by Gasteiger charge is 2.13. The molecule has 0 aliphatic carbocycles. The molecule has 2 N–H and O–H groups in total. The van der Waals surface area contributed by atoms with Crippen LogP contribution in [0.4, 0.5) is 0 Å². The van der Waals surface area contributed by atoms with Gasteiger partial charge in [-0.15, -0.1) is 0 Å². The van der Waals surface area contributed by atoms with E-state index in [0.717, 1.165) is 16.3 Å².